The first-order valence-corrected chi connectivity index (χ1v) is 5.59. The molecule has 0 aliphatic carbocycles. The molecule has 1 aromatic rings. The predicted octanol–water partition coefficient (Wildman–Crippen LogP) is 1.94. The molecule has 0 radical (unpaired) electrons. The zero-order chi connectivity index (χ0) is 10.8. The molecule has 0 saturated carbocycles. The molecule has 2 rings (SSSR count). The summed E-state index contributed by atoms with van der Waals surface area (Å²) in [4.78, 5) is 6.14. The van der Waals surface area contributed by atoms with E-state index in [4.69, 9.17) is 11.6 Å². The normalized spacial score (nSPS) is 25.9. The van der Waals surface area contributed by atoms with Crippen LogP contribution in [0.15, 0.2) is 18.5 Å². The van der Waals surface area contributed by atoms with Gasteiger partial charge in [0.15, 0.2) is 0 Å². The molecule has 1 fully saturated rings. The van der Waals surface area contributed by atoms with Crippen LogP contribution in [0.2, 0.25) is 5.02 Å². The van der Waals surface area contributed by atoms with Crippen LogP contribution in [-0.4, -0.2) is 29.3 Å². The molecule has 1 aliphatic heterocycles. The Hall–Kier alpha value is -0.800. The fraction of sp³-hybridized carbons (Fsp3) is 0.545. The quantitative estimate of drug-likeness (QED) is 0.838. The zero-order valence-corrected chi connectivity index (χ0v) is 9.48. The van der Waals surface area contributed by atoms with E-state index in [1.807, 2.05) is 6.07 Å². The highest BCUT2D eigenvalue weighted by molar-refractivity contribution is 6.33. The number of halogens is 1. The minimum absolute atomic E-state index is 0.180. The van der Waals surface area contributed by atoms with Crippen molar-refractivity contribution in [1.82, 2.24) is 4.98 Å². The van der Waals surface area contributed by atoms with Crippen LogP contribution in [-0.2, 0) is 0 Å². The second kappa shape index (κ2) is 4.37. The summed E-state index contributed by atoms with van der Waals surface area (Å²) >= 11 is 6.09. The van der Waals surface area contributed by atoms with Crippen molar-refractivity contribution in [3.05, 3.63) is 23.5 Å². The molecule has 2 atom stereocenters. The number of aliphatic hydroxyl groups excluding tert-OH is 1. The summed E-state index contributed by atoms with van der Waals surface area (Å²) in [6, 6.07) is 2.09. The van der Waals surface area contributed by atoms with E-state index in [0.29, 0.717) is 10.9 Å². The average Bonchev–Trinajstić information content (AvgIpc) is 2.60. The van der Waals surface area contributed by atoms with Gasteiger partial charge in [0.1, 0.15) is 0 Å². The fourth-order valence-corrected chi connectivity index (χ4v) is 2.41. The number of pyridine rings is 1. The summed E-state index contributed by atoms with van der Waals surface area (Å²) < 4.78 is 0. The van der Waals surface area contributed by atoms with Gasteiger partial charge >= 0.3 is 0 Å². The molecule has 0 amide bonds. The van der Waals surface area contributed by atoms with Gasteiger partial charge in [0.2, 0.25) is 0 Å². The van der Waals surface area contributed by atoms with Gasteiger partial charge in [-0.1, -0.05) is 18.5 Å². The monoisotopic (exact) mass is 226 g/mol. The highest BCUT2D eigenvalue weighted by atomic mass is 35.5. The van der Waals surface area contributed by atoms with Crippen molar-refractivity contribution in [2.75, 3.05) is 18.1 Å². The van der Waals surface area contributed by atoms with Crippen LogP contribution >= 0.6 is 11.6 Å². The summed E-state index contributed by atoms with van der Waals surface area (Å²) in [5.41, 5.74) is 0.982. The first-order valence-electron chi connectivity index (χ1n) is 5.21. The Morgan fingerprint density at radius 1 is 1.67 bits per heavy atom. The SMILES string of the molecule is CC1CCN(c2ccncc2Cl)C1CO. The molecule has 4 heteroatoms. The third-order valence-electron chi connectivity index (χ3n) is 3.13. The molecular formula is C11H15ClN2O. The molecule has 1 aliphatic rings. The lowest BCUT2D eigenvalue weighted by Gasteiger charge is -2.27. The molecule has 0 aromatic carbocycles. The van der Waals surface area contributed by atoms with E-state index >= 15 is 0 Å². The van der Waals surface area contributed by atoms with E-state index in [9.17, 15) is 5.11 Å². The van der Waals surface area contributed by atoms with E-state index < -0.39 is 0 Å². The largest absolute Gasteiger partial charge is 0.394 e. The van der Waals surface area contributed by atoms with E-state index in [-0.39, 0.29) is 12.6 Å². The lowest BCUT2D eigenvalue weighted by molar-refractivity contribution is 0.245. The molecular weight excluding hydrogens is 212 g/mol. The number of hydrogen-bond donors (Lipinski definition) is 1. The number of hydrogen-bond acceptors (Lipinski definition) is 3. The van der Waals surface area contributed by atoms with Crippen LogP contribution in [0.3, 0.4) is 0 Å². The highest BCUT2D eigenvalue weighted by Crippen LogP contribution is 2.33. The summed E-state index contributed by atoms with van der Waals surface area (Å²) in [6.45, 7) is 3.30. The lowest BCUT2D eigenvalue weighted by Crippen LogP contribution is -2.35. The van der Waals surface area contributed by atoms with Gasteiger partial charge in [0.05, 0.1) is 23.4 Å². The number of anilines is 1. The Morgan fingerprint density at radius 3 is 3.13 bits per heavy atom. The second-order valence-corrected chi connectivity index (χ2v) is 4.44. The van der Waals surface area contributed by atoms with Crippen molar-refractivity contribution >= 4 is 17.3 Å². The molecule has 15 heavy (non-hydrogen) atoms. The van der Waals surface area contributed by atoms with Gasteiger partial charge in [0, 0.05) is 18.9 Å². The summed E-state index contributed by atoms with van der Waals surface area (Å²) in [5, 5.41) is 10.0. The molecule has 1 N–H and O–H groups in total. The average molecular weight is 227 g/mol. The summed E-state index contributed by atoms with van der Waals surface area (Å²) in [5.74, 6) is 0.513. The molecule has 0 spiro atoms. The Labute approximate surface area is 94.7 Å². The van der Waals surface area contributed by atoms with E-state index in [1.54, 1.807) is 12.4 Å². The Morgan fingerprint density at radius 2 is 2.47 bits per heavy atom. The van der Waals surface area contributed by atoms with Crippen LogP contribution in [0.25, 0.3) is 0 Å². The highest BCUT2D eigenvalue weighted by Gasteiger charge is 2.31. The van der Waals surface area contributed by atoms with Crippen LogP contribution in [0, 0.1) is 5.92 Å². The summed E-state index contributed by atoms with van der Waals surface area (Å²) in [7, 11) is 0. The maximum atomic E-state index is 9.36. The molecule has 0 bridgehead atoms. The van der Waals surface area contributed by atoms with Gasteiger partial charge < -0.3 is 10.0 Å². The van der Waals surface area contributed by atoms with Crippen molar-refractivity contribution in [3.63, 3.8) is 0 Å². The van der Waals surface area contributed by atoms with Crippen molar-refractivity contribution in [1.29, 1.82) is 0 Å². The lowest BCUT2D eigenvalue weighted by atomic mass is 10.0. The first kappa shape index (κ1) is 10.7. The maximum absolute atomic E-state index is 9.36. The third-order valence-corrected chi connectivity index (χ3v) is 3.42. The van der Waals surface area contributed by atoms with Crippen LogP contribution in [0.5, 0.6) is 0 Å². The molecule has 3 nitrogen and oxygen atoms in total. The van der Waals surface area contributed by atoms with Gasteiger partial charge in [-0.25, -0.2) is 0 Å². The van der Waals surface area contributed by atoms with Gasteiger partial charge in [0.25, 0.3) is 0 Å². The first-order chi connectivity index (χ1) is 7.24. The van der Waals surface area contributed by atoms with Crippen molar-refractivity contribution in [2.24, 2.45) is 5.92 Å². The number of nitrogens with zero attached hydrogens (tertiary/aromatic N) is 2. The number of rotatable bonds is 2. The van der Waals surface area contributed by atoms with Crippen molar-refractivity contribution < 1.29 is 5.11 Å². The molecule has 2 unspecified atom stereocenters. The van der Waals surface area contributed by atoms with E-state index in [2.05, 4.69) is 16.8 Å². The standard InChI is InChI=1S/C11H15ClN2O/c1-8-3-5-14(11(8)7-15)10-2-4-13-6-9(10)12/h2,4,6,8,11,15H,3,5,7H2,1H3. The molecule has 82 valence electrons. The van der Waals surface area contributed by atoms with Crippen LogP contribution in [0.1, 0.15) is 13.3 Å². The van der Waals surface area contributed by atoms with Crippen molar-refractivity contribution in [2.45, 2.75) is 19.4 Å². The smallest absolute Gasteiger partial charge is 0.0822 e. The number of aliphatic hydroxyl groups is 1. The zero-order valence-electron chi connectivity index (χ0n) is 8.73. The summed E-state index contributed by atoms with van der Waals surface area (Å²) in [6.07, 6.45) is 4.48. The Bertz CT molecular complexity index is 345. The molecule has 1 saturated heterocycles. The molecule has 2 heterocycles. The topological polar surface area (TPSA) is 36.4 Å². The maximum Gasteiger partial charge on any atom is 0.0822 e. The van der Waals surface area contributed by atoms with Crippen LogP contribution < -0.4 is 4.90 Å². The van der Waals surface area contributed by atoms with E-state index in [1.165, 1.54) is 0 Å². The third kappa shape index (κ3) is 1.94. The van der Waals surface area contributed by atoms with Gasteiger partial charge in [-0.05, 0) is 18.4 Å². The fourth-order valence-electron chi connectivity index (χ4n) is 2.19. The van der Waals surface area contributed by atoms with Gasteiger partial charge in [-0.15, -0.1) is 0 Å². The minimum atomic E-state index is 0.180. The molecule has 1 aromatic heterocycles. The van der Waals surface area contributed by atoms with Crippen molar-refractivity contribution in [3.8, 4) is 0 Å². The van der Waals surface area contributed by atoms with Gasteiger partial charge in [-0.3, -0.25) is 4.98 Å². The number of aromatic nitrogens is 1. The predicted molar refractivity (Wildman–Crippen MR) is 61.2 cm³/mol. The Kier molecular flexibility index (Phi) is 3.12. The Balaban J connectivity index is 2.28. The van der Waals surface area contributed by atoms with Gasteiger partial charge in [-0.2, -0.15) is 0 Å². The van der Waals surface area contributed by atoms with E-state index in [0.717, 1.165) is 18.7 Å². The second-order valence-electron chi connectivity index (χ2n) is 4.04. The minimum Gasteiger partial charge on any atom is -0.394 e. The van der Waals surface area contributed by atoms with Crippen LogP contribution in [0.4, 0.5) is 5.69 Å².